The minimum Gasteiger partial charge on any atom is -0.369 e. The zero-order chi connectivity index (χ0) is 19.3. The number of nitrogens with one attached hydrogen (secondary N) is 1. The molecule has 0 saturated carbocycles. The van der Waals surface area contributed by atoms with Gasteiger partial charge in [0.1, 0.15) is 5.82 Å². The van der Waals surface area contributed by atoms with Gasteiger partial charge in [0.15, 0.2) is 0 Å². The number of nitrogens with zero attached hydrogens (tertiary/aromatic N) is 4. The summed E-state index contributed by atoms with van der Waals surface area (Å²) < 4.78 is 1.21. The van der Waals surface area contributed by atoms with Crippen molar-refractivity contribution in [2.75, 3.05) is 44.0 Å². The summed E-state index contributed by atoms with van der Waals surface area (Å²) in [5.41, 5.74) is 3.79. The van der Waals surface area contributed by atoms with Crippen LogP contribution in [0.5, 0.6) is 0 Å². The molecule has 0 unspecified atom stereocenters. The lowest BCUT2D eigenvalue weighted by Crippen LogP contribution is -2.44. The Balaban J connectivity index is 1.63. The van der Waals surface area contributed by atoms with Crippen molar-refractivity contribution in [1.82, 2.24) is 19.5 Å². The highest BCUT2D eigenvalue weighted by molar-refractivity contribution is 5.87. The van der Waals surface area contributed by atoms with Crippen LogP contribution >= 0.6 is 0 Å². The molecule has 2 aromatic carbocycles. The summed E-state index contributed by atoms with van der Waals surface area (Å²) >= 11 is 0. The van der Waals surface area contributed by atoms with Crippen molar-refractivity contribution in [1.29, 1.82) is 0 Å². The summed E-state index contributed by atoms with van der Waals surface area (Å²) in [5.74, 6) is 6.68. The topological polar surface area (TPSA) is 83.2 Å². The van der Waals surface area contributed by atoms with Crippen molar-refractivity contribution in [3.8, 4) is 11.4 Å². The summed E-state index contributed by atoms with van der Waals surface area (Å²) in [6.07, 6.45) is 0. The molecule has 0 bridgehead atoms. The highest BCUT2D eigenvalue weighted by Crippen LogP contribution is 2.25. The average Bonchev–Trinajstić information content (AvgIpc) is 3.15. The second kappa shape index (κ2) is 6.38. The van der Waals surface area contributed by atoms with Crippen LogP contribution in [0.4, 0.5) is 5.69 Å². The van der Waals surface area contributed by atoms with E-state index in [0.717, 1.165) is 48.3 Å². The molecule has 7 nitrogen and oxygen atoms in total. The van der Waals surface area contributed by atoms with E-state index in [0.29, 0.717) is 16.9 Å². The highest BCUT2D eigenvalue weighted by Gasteiger charge is 2.17. The summed E-state index contributed by atoms with van der Waals surface area (Å²) in [4.78, 5) is 25.3. The SMILES string of the molecule is CN1CCN(c2ccc3c(c2)cc(-c2nc4ccccc4[nH]2)c(=O)n3N)CC1. The number of nitrogens with two attached hydrogens (primary N) is 1. The predicted molar refractivity (Wildman–Crippen MR) is 113 cm³/mol. The third kappa shape index (κ3) is 2.71. The molecule has 0 radical (unpaired) electrons. The van der Waals surface area contributed by atoms with Gasteiger partial charge in [0.05, 0.1) is 22.1 Å². The number of aromatic amines is 1. The van der Waals surface area contributed by atoms with Crippen molar-refractivity contribution in [2.45, 2.75) is 0 Å². The molecule has 1 aliphatic rings. The van der Waals surface area contributed by atoms with Gasteiger partial charge in [-0.15, -0.1) is 0 Å². The summed E-state index contributed by atoms with van der Waals surface area (Å²) in [7, 11) is 2.14. The molecule has 3 heterocycles. The molecule has 142 valence electrons. The van der Waals surface area contributed by atoms with Crippen LogP contribution in [-0.2, 0) is 0 Å². The fourth-order valence-corrected chi connectivity index (χ4v) is 3.84. The van der Waals surface area contributed by atoms with Crippen LogP contribution in [0.25, 0.3) is 33.3 Å². The molecule has 0 spiro atoms. The van der Waals surface area contributed by atoms with Crippen molar-refractivity contribution in [3.05, 3.63) is 58.9 Å². The number of hydrogen-bond donors (Lipinski definition) is 2. The maximum Gasteiger partial charge on any atom is 0.280 e. The van der Waals surface area contributed by atoms with Gasteiger partial charge in [-0.1, -0.05) is 12.1 Å². The number of benzene rings is 2. The largest absolute Gasteiger partial charge is 0.369 e. The number of aromatic nitrogens is 3. The Hall–Kier alpha value is -3.32. The fourth-order valence-electron chi connectivity index (χ4n) is 3.84. The minimum absolute atomic E-state index is 0.265. The molecule has 1 aliphatic heterocycles. The second-order valence-corrected chi connectivity index (χ2v) is 7.37. The Morgan fingerprint density at radius 3 is 2.61 bits per heavy atom. The molecule has 2 aromatic heterocycles. The highest BCUT2D eigenvalue weighted by atomic mass is 16.1. The number of hydrogen-bond acceptors (Lipinski definition) is 5. The smallest absolute Gasteiger partial charge is 0.280 e. The number of anilines is 1. The van der Waals surface area contributed by atoms with Gasteiger partial charge in [-0.2, -0.15) is 0 Å². The van der Waals surface area contributed by atoms with Crippen LogP contribution < -0.4 is 16.3 Å². The Morgan fingerprint density at radius 1 is 1.04 bits per heavy atom. The fraction of sp³-hybridized carbons (Fsp3) is 0.238. The number of para-hydroxylation sites is 2. The Labute approximate surface area is 162 Å². The number of fused-ring (bicyclic) bond motifs is 2. The van der Waals surface area contributed by atoms with E-state index < -0.39 is 0 Å². The van der Waals surface area contributed by atoms with Crippen LogP contribution in [0, 0.1) is 0 Å². The molecule has 7 heteroatoms. The maximum atomic E-state index is 12.8. The quantitative estimate of drug-likeness (QED) is 0.525. The van der Waals surface area contributed by atoms with Crippen molar-refractivity contribution in [2.24, 2.45) is 0 Å². The van der Waals surface area contributed by atoms with Gasteiger partial charge in [0.25, 0.3) is 5.56 Å². The van der Waals surface area contributed by atoms with Gasteiger partial charge < -0.3 is 20.6 Å². The third-order valence-corrected chi connectivity index (χ3v) is 5.53. The van der Waals surface area contributed by atoms with E-state index in [2.05, 4.69) is 32.9 Å². The van der Waals surface area contributed by atoms with Crippen molar-refractivity contribution < 1.29 is 0 Å². The van der Waals surface area contributed by atoms with Crippen LogP contribution in [0.2, 0.25) is 0 Å². The molecular weight excluding hydrogens is 352 g/mol. The average molecular weight is 374 g/mol. The van der Waals surface area contributed by atoms with Gasteiger partial charge >= 0.3 is 0 Å². The van der Waals surface area contributed by atoms with Crippen LogP contribution in [0.3, 0.4) is 0 Å². The molecule has 1 saturated heterocycles. The second-order valence-electron chi connectivity index (χ2n) is 7.37. The monoisotopic (exact) mass is 374 g/mol. The van der Waals surface area contributed by atoms with Gasteiger partial charge in [-0.25, -0.2) is 9.66 Å². The Kier molecular flexibility index (Phi) is 3.84. The normalized spacial score (nSPS) is 15.5. The van der Waals surface area contributed by atoms with Gasteiger partial charge in [-0.05, 0) is 43.4 Å². The third-order valence-electron chi connectivity index (χ3n) is 5.53. The summed E-state index contributed by atoms with van der Waals surface area (Å²) in [6, 6.07) is 15.7. The van der Waals surface area contributed by atoms with Crippen molar-refractivity contribution >= 4 is 27.6 Å². The molecule has 4 aromatic rings. The summed E-state index contributed by atoms with van der Waals surface area (Å²) in [6.45, 7) is 4.05. The number of pyridine rings is 1. The van der Waals surface area contributed by atoms with E-state index in [1.165, 1.54) is 4.68 Å². The number of imidazole rings is 1. The Bertz CT molecular complexity index is 1200. The predicted octanol–water partition coefficient (Wildman–Crippen LogP) is 2.01. The lowest BCUT2D eigenvalue weighted by Gasteiger charge is -2.34. The summed E-state index contributed by atoms with van der Waals surface area (Å²) in [5, 5.41) is 0.925. The molecule has 0 aliphatic carbocycles. The molecular formula is C21H22N6O. The van der Waals surface area contributed by atoms with Gasteiger partial charge in [0.2, 0.25) is 0 Å². The minimum atomic E-state index is -0.265. The van der Waals surface area contributed by atoms with E-state index in [1.807, 2.05) is 42.5 Å². The standard InChI is InChI=1S/C21H22N6O/c1-25-8-10-26(11-9-25)15-6-7-19-14(12-15)13-16(21(28)27(19)22)20-23-17-4-2-3-5-18(17)24-20/h2-7,12-13H,8-11,22H2,1H3,(H,23,24). The van der Waals surface area contributed by atoms with Crippen LogP contribution in [0.15, 0.2) is 53.3 Å². The lowest BCUT2D eigenvalue weighted by atomic mass is 10.1. The number of rotatable bonds is 2. The first-order chi connectivity index (χ1) is 13.6. The van der Waals surface area contributed by atoms with Crippen LogP contribution in [0.1, 0.15) is 0 Å². The molecule has 0 amide bonds. The molecule has 28 heavy (non-hydrogen) atoms. The number of piperazine rings is 1. The molecule has 1 fully saturated rings. The van der Waals surface area contributed by atoms with Gasteiger partial charge in [-0.3, -0.25) is 4.79 Å². The lowest BCUT2D eigenvalue weighted by molar-refractivity contribution is 0.313. The zero-order valence-corrected chi connectivity index (χ0v) is 15.7. The number of likely N-dealkylation sites (N-methyl/N-ethyl adjacent to an activating group) is 1. The van der Waals surface area contributed by atoms with E-state index >= 15 is 0 Å². The first-order valence-electron chi connectivity index (χ1n) is 9.44. The van der Waals surface area contributed by atoms with Gasteiger partial charge in [0, 0.05) is 37.3 Å². The van der Waals surface area contributed by atoms with E-state index in [1.54, 1.807) is 0 Å². The van der Waals surface area contributed by atoms with E-state index in [-0.39, 0.29) is 5.56 Å². The van der Waals surface area contributed by atoms with Crippen molar-refractivity contribution in [3.63, 3.8) is 0 Å². The van der Waals surface area contributed by atoms with Crippen LogP contribution in [-0.4, -0.2) is 52.8 Å². The first kappa shape index (κ1) is 16.8. The Morgan fingerprint density at radius 2 is 1.82 bits per heavy atom. The number of nitrogen functional groups attached to an aromatic ring is 1. The molecule has 5 rings (SSSR count). The van der Waals surface area contributed by atoms with E-state index in [9.17, 15) is 4.79 Å². The first-order valence-corrected chi connectivity index (χ1v) is 9.44. The zero-order valence-electron chi connectivity index (χ0n) is 15.7. The maximum absolute atomic E-state index is 12.8. The number of H-pyrrole nitrogens is 1. The molecule has 3 N–H and O–H groups in total. The van der Waals surface area contributed by atoms with E-state index in [4.69, 9.17) is 5.84 Å². The molecule has 0 atom stereocenters.